The average molecular weight is 543 g/mol. The Morgan fingerprint density at radius 2 is 1.20 bits per heavy atom. The van der Waals surface area contributed by atoms with Crippen molar-refractivity contribution in [2.45, 2.75) is 19.8 Å². The second kappa shape index (κ2) is 11.5. The zero-order valence-corrected chi connectivity index (χ0v) is 22.8. The van der Waals surface area contributed by atoms with Crippen LogP contribution in [0.3, 0.4) is 0 Å². The fraction of sp³-hybridized carbons (Fsp3) is 0.464. The summed E-state index contributed by atoms with van der Waals surface area (Å²) in [4.78, 5) is 59.2. The molecule has 40 heavy (non-hydrogen) atoms. The van der Waals surface area contributed by atoms with Crippen LogP contribution >= 0.6 is 0 Å². The molecule has 0 aliphatic carbocycles. The normalized spacial score (nSPS) is 18.0. The van der Waals surface area contributed by atoms with Gasteiger partial charge in [-0.05, 0) is 44.5 Å². The number of carbonyl (C=O) groups excluding carboxylic acids is 2. The number of carbonyl (C=O) groups is 2. The molecule has 6 heterocycles. The second-order valence-corrected chi connectivity index (χ2v) is 10.4. The van der Waals surface area contributed by atoms with Crippen LogP contribution in [0, 0.1) is 6.92 Å². The predicted molar refractivity (Wildman–Crippen MR) is 151 cm³/mol. The van der Waals surface area contributed by atoms with E-state index >= 15 is 0 Å². The summed E-state index contributed by atoms with van der Waals surface area (Å²) in [5.41, 5.74) is 1.66. The molecule has 2 amide bonds. The van der Waals surface area contributed by atoms with E-state index in [0.29, 0.717) is 55.6 Å². The van der Waals surface area contributed by atoms with Gasteiger partial charge >= 0.3 is 0 Å². The van der Waals surface area contributed by atoms with Gasteiger partial charge in [0.2, 0.25) is 11.9 Å². The molecule has 0 bridgehead atoms. The van der Waals surface area contributed by atoms with Crippen molar-refractivity contribution < 1.29 is 9.59 Å². The highest BCUT2D eigenvalue weighted by atomic mass is 16.2. The molecule has 0 atom stereocenters. The lowest BCUT2D eigenvalue weighted by molar-refractivity contribution is 0.0650. The SMILES string of the molecule is Cc1cc2c(c(N3CCN(c4ncccn4)CC3)n1)C(=O)N(CCCCN1CCN(c3ncccn3)CC1)C2=O. The third-order valence-electron chi connectivity index (χ3n) is 7.79. The van der Waals surface area contributed by atoms with Crippen molar-refractivity contribution in [1.29, 1.82) is 0 Å². The van der Waals surface area contributed by atoms with E-state index in [1.165, 1.54) is 4.90 Å². The van der Waals surface area contributed by atoms with E-state index < -0.39 is 0 Å². The van der Waals surface area contributed by atoms with Crippen LogP contribution in [0.15, 0.2) is 43.0 Å². The second-order valence-electron chi connectivity index (χ2n) is 10.4. The number of piperazine rings is 2. The number of aryl methyl sites for hydroxylation is 1. The van der Waals surface area contributed by atoms with E-state index in [-0.39, 0.29) is 11.8 Å². The first kappa shape index (κ1) is 26.1. The Labute approximate surface area is 233 Å². The summed E-state index contributed by atoms with van der Waals surface area (Å²) in [5.74, 6) is 1.66. The lowest BCUT2D eigenvalue weighted by Gasteiger charge is -2.36. The van der Waals surface area contributed by atoms with Crippen LogP contribution in [0.1, 0.15) is 39.3 Å². The van der Waals surface area contributed by atoms with Crippen molar-refractivity contribution in [1.82, 2.24) is 34.7 Å². The number of aromatic nitrogens is 5. The monoisotopic (exact) mass is 542 g/mol. The number of pyridine rings is 1. The molecule has 3 aliphatic heterocycles. The summed E-state index contributed by atoms with van der Waals surface area (Å²) in [7, 11) is 0. The number of nitrogens with zero attached hydrogens (tertiary/aromatic N) is 10. The van der Waals surface area contributed by atoms with Gasteiger partial charge in [-0.3, -0.25) is 19.4 Å². The average Bonchev–Trinajstić information content (AvgIpc) is 3.24. The molecule has 208 valence electrons. The molecule has 6 rings (SSSR count). The van der Waals surface area contributed by atoms with Crippen molar-refractivity contribution in [3.8, 4) is 0 Å². The lowest BCUT2D eigenvalue weighted by atomic mass is 10.1. The van der Waals surface area contributed by atoms with Crippen molar-refractivity contribution in [2.24, 2.45) is 0 Å². The van der Waals surface area contributed by atoms with Crippen LogP contribution in [-0.2, 0) is 0 Å². The maximum absolute atomic E-state index is 13.5. The summed E-state index contributed by atoms with van der Waals surface area (Å²) in [6.45, 7) is 9.69. The molecule has 0 saturated carbocycles. The van der Waals surface area contributed by atoms with Gasteiger partial charge in [0.15, 0.2) is 0 Å². The highest BCUT2D eigenvalue weighted by molar-refractivity contribution is 6.23. The zero-order valence-electron chi connectivity index (χ0n) is 22.8. The van der Waals surface area contributed by atoms with Crippen LogP contribution < -0.4 is 14.7 Å². The third-order valence-corrected chi connectivity index (χ3v) is 7.79. The van der Waals surface area contributed by atoms with Crippen molar-refractivity contribution in [3.63, 3.8) is 0 Å². The molecule has 0 spiro atoms. The van der Waals surface area contributed by atoms with Gasteiger partial charge in [0.25, 0.3) is 11.8 Å². The van der Waals surface area contributed by atoms with E-state index in [1.54, 1.807) is 36.9 Å². The first-order valence-corrected chi connectivity index (χ1v) is 14.0. The van der Waals surface area contributed by atoms with Crippen LogP contribution in [0.5, 0.6) is 0 Å². The minimum atomic E-state index is -0.229. The summed E-state index contributed by atoms with van der Waals surface area (Å²) >= 11 is 0. The van der Waals surface area contributed by atoms with Crippen molar-refractivity contribution in [2.75, 3.05) is 80.1 Å². The number of anilines is 3. The molecule has 0 N–H and O–H groups in total. The molecule has 3 aromatic heterocycles. The highest BCUT2D eigenvalue weighted by Crippen LogP contribution is 2.32. The van der Waals surface area contributed by atoms with Gasteiger partial charge in [-0.15, -0.1) is 0 Å². The molecule has 3 aromatic rings. The van der Waals surface area contributed by atoms with E-state index in [0.717, 1.165) is 57.2 Å². The van der Waals surface area contributed by atoms with Gasteiger partial charge < -0.3 is 14.7 Å². The lowest BCUT2D eigenvalue weighted by Crippen LogP contribution is -2.48. The molecule has 0 unspecified atom stereocenters. The molecule has 0 aromatic carbocycles. The maximum Gasteiger partial charge on any atom is 0.265 e. The van der Waals surface area contributed by atoms with E-state index in [4.69, 9.17) is 4.98 Å². The molecule has 2 saturated heterocycles. The van der Waals surface area contributed by atoms with Crippen molar-refractivity contribution in [3.05, 3.63) is 59.8 Å². The van der Waals surface area contributed by atoms with Crippen LogP contribution in [0.4, 0.5) is 17.7 Å². The van der Waals surface area contributed by atoms with Crippen LogP contribution in [0.2, 0.25) is 0 Å². The standard InChI is InChI=1S/C28H34N10O2/c1-21-20-22-23(24(33-21)35-16-18-37(19-17-35)28-31-8-5-9-32-28)26(40)38(25(22)39)11-3-2-10-34-12-14-36(15-13-34)27-29-6-4-7-30-27/h4-9,20H,2-3,10-19H2,1H3. The maximum atomic E-state index is 13.5. The van der Waals surface area contributed by atoms with E-state index in [1.807, 2.05) is 13.0 Å². The molecular formula is C28H34N10O2. The fourth-order valence-electron chi connectivity index (χ4n) is 5.64. The molecule has 2 fully saturated rings. The fourth-order valence-corrected chi connectivity index (χ4v) is 5.64. The minimum Gasteiger partial charge on any atom is -0.352 e. The first-order valence-electron chi connectivity index (χ1n) is 14.0. The Kier molecular flexibility index (Phi) is 7.49. The molecule has 3 aliphatic rings. The van der Waals surface area contributed by atoms with E-state index in [2.05, 4.69) is 39.5 Å². The molecule has 12 heteroatoms. The Hall–Kier alpha value is -4.19. The summed E-state index contributed by atoms with van der Waals surface area (Å²) in [5, 5.41) is 0. The highest BCUT2D eigenvalue weighted by Gasteiger charge is 2.40. The smallest absolute Gasteiger partial charge is 0.265 e. The summed E-state index contributed by atoms with van der Waals surface area (Å²) < 4.78 is 0. The first-order chi connectivity index (χ1) is 19.6. The molecule has 12 nitrogen and oxygen atoms in total. The number of hydrogen-bond donors (Lipinski definition) is 0. The Balaban J connectivity index is 1.03. The van der Waals surface area contributed by atoms with Gasteiger partial charge in [-0.25, -0.2) is 24.9 Å². The largest absolute Gasteiger partial charge is 0.352 e. The van der Waals surface area contributed by atoms with Gasteiger partial charge in [0, 0.05) is 89.4 Å². The Morgan fingerprint density at radius 1 is 0.675 bits per heavy atom. The zero-order chi connectivity index (χ0) is 27.5. The topological polar surface area (TPSA) is 115 Å². The van der Waals surface area contributed by atoms with Crippen LogP contribution in [-0.4, -0.2) is 112 Å². The summed E-state index contributed by atoms with van der Waals surface area (Å²) in [6.07, 6.45) is 8.72. The van der Waals surface area contributed by atoms with Gasteiger partial charge in [-0.2, -0.15) is 0 Å². The molecular weight excluding hydrogens is 508 g/mol. The molecule has 0 radical (unpaired) electrons. The summed E-state index contributed by atoms with van der Waals surface area (Å²) in [6, 6.07) is 5.38. The number of rotatable bonds is 8. The van der Waals surface area contributed by atoms with Gasteiger partial charge in [0.05, 0.1) is 11.1 Å². The third kappa shape index (κ3) is 5.31. The Bertz CT molecular complexity index is 1340. The predicted octanol–water partition coefficient (Wildman–Crippen LogP) is 1.50. The number of unbranched alkanes of at least 4 members (excludes halogenated alkanes) is 1. The number of fused-ring (bicyclic) bond motifs is 1. The van der Waals surface area contributed by atoms with Gasteiger partial charge in [0.1, 0.15) is 5.82 Å². The van der Waals surface area contributed by atoms with Gasteiger partial charge in [-0.1, -0.05) is 0 Å². The number of imide groups is 1. The number of amides is 2. The Morgan fingerprint density at radius 3 is 1.80 bits per heavy atom. The quantitative estimate of drug-likeness (QED) is 0.305. The minimum absolute atomic E-state index is 0.209. The number of hydrogen-bond acceptors (Lipinski definition) is 11. The van der Waals surface area contributed by atoms with Crippen LogP contribution in [0.25, 0.3) is 0 Å². The van der Waals surface area contributed by atoms with E-state index in [9.17, 15) is 9.59 Å². The van der Waals surface area contributed by atoms with Crippen molar-refractivity contribution >= 4 is 29.5 Å².